The van der Waals surface area contributed by atoms with Gasteiger partial charge >= 0.3 is 0 Å². The molecular formula is C18H22N2O3S. The summed E-state index contributed by atoms with van der Waals surface area (Å²) in [7, 11) is 0. The summed E-state index contributed by atoms with van der Waals surface area (Å²) in [5.41, 5.74) is 1.76. The number of hydrogen-bond donors (Lipinski definition) is 1. The van der Waals surface area contributed by atoms with Crippen LogP contribution in [0.2, 0.25) is 0 Å². The number of thiazole rings is 1. The van der Waals surface area contributed by atoms with Crippen molar-refractivity contribution in [1.82, 2.24) is 10.3 Å². The van der Waals surface area contributed by atoms with E-state index in [0.29, 0.717) is 25.5 Å². The monoisotopic (exact) mass is 346 g/mol. The number of hydrogen-bond acceptors (Lipinski definition) is 5. The van der Waals surface area contributed by atoms with Crippen LogP contribution in [0.1, 0.15) is 19.0 Å². The number of aromatic nitrogens is 1. The first-order valence-corrected chi connectivity index (χ1v) is 9.15. The van der Waals surface area contributed by atoms with E-state index in [1.165, 1.54) is 11.3 Å². The minimum atomic E-state index is 0.0110. The molecule has 0 saturated carbocycles. The molecule has 1 aromatic carbocycles. The molecule has 1 aliphatic heterocycles. The SMILES string of the molecule is CCOc1ccccc1-c1nc(CC(=O)NCC2CCOC2)cs1. The highest BCUT2D eigenvalue weighted by Crippen LogP contribution is 2.32. The number of amides is 1. The molecule has 2 heterocycles. The van der Waals surface area contributed by atoms with Crippen LogP contribution in [0.25, 0.3) is 10.6 Å². The van der Waals surface area contributed by atoms with Gasteiger partial charge in [-0.15, -0.1) is 11.3 Å². The molecule has 1 fully saturated rings. The van der Waals surface area contributed by atoms with Gasteiger partial charge in [0, 0.05) is 24.4 Å². The third kappa shape index (κ3) is 4.33. The van der Waals surface area contributed by atoms with Crippen LogP contribution in [0.5, 0.6) is 5.75 Å². The second-order valence-corrected chi connectivity index (χ2v) is 6.64. The van der Waals surface area contributed by atoms with Crippen molar-refractivity contribution in [3.8, 4) is 16.3 Å². The Balaban J connectivity index is 1.60. The van der Waals surface area contributed by atoms with Gasteiger partial charge in [0.25, 0.3) is 0 Å². The van der Waals surface area contributed by atoms with E-state index in [9.17, 15) is 4.79 Å². The predicted octanol–water partition coefficient (Wildman–Crippen LogP) is 2.90. The molecule has 0 radical (unpaired) electrons. The summed E-state index contributed by atoms with van der Waals surface area (Å²) < 4.78 is 11.0. The van der Waals surface area contributed by atoms with E-state index < -0.39 is 0 Å². The van der Waals surface area contributed by atoms with Gasteiger partial charge in [0.1, 0.15) is 10.8 Å². The molecule has 0 spiro atoms. The molecule has 0 bridgehead atoms. The Morgan fingerprint density at radius 1 is 1.46 bits per heavy atom. The van der Waals surface area contributed by atoms with E-state index in [1.54, 1.807) is 0 Å². The smallest absolute Gasteiger partial charge is 0.226 e. The van der Waals surface area contributed by atoms with Gasteiger partial charge in [-0.25, -0.2) is 4.98 Å². The van der Waals surface area contributed by atoms with Crippen LogP contribution in [-0.2, 0) is 16.0 Å². The van der Waals surface area contributed by atoms with Crippen molar-refractivity contribution in [1.29, 1.82) is 0 Å². The normalized spacial score (nSPS) is 17.0. The lowest BCUT2D eigenvalue weighted by Gasteiger charge is -2.08. The van der Waals surface area contributed by atoms with Gasteiger partial charge in [0.05, 0.1) is 30.9 Å². The maximum absolute atomic E-state index is 12.1. The van der Waals surface area contributed by atoms with Crippen LogP contribution in [0.3, 0.4) is 0 Å². The lowest BCUT2D eigenvalue weighted by atomic mass is 10.1. The first-order valence-electron chi connectivity index (χ1n) is 8.27. The Labute approximate surface area is 146 Å². The number of carbonyl (C=O) groups is 1. The summed E-state index contributed by atoms with van der Waals surface area (Å²) in [6.45, 7) is 4.81. The molecule has 1 N–H and O–H groups in total. The van der Waals surface area contributed by atoms with Crippen molar-refractivity contribution in [2.24, 2.45) is 5.92 Å². The van der Waals surface area contributed by atoms with Crippen molar-refractivity contribution in [3.05, 3.63) is 35.3 Å². The number of rotatable bonds is 7. The second-order valence-electron chi connectivity index (χ2n) is 5.78. The van der Waals surface area contributed by atoms with Crippen molar-refractivity contribution >= 4 is 17.2 Å². The average Bonchev–Trinajstić information content (AvgIpc) is 3.25. The minimum absolute atomic E-state index is 0.0110. The number of carbonyl (C=O) groups excluding carboxylic acids is 1. The standard InChI is InChI=1S/C18H22N2O3S/c1-2-23-16-6-4-3-5-15(16)18-20-14(12-24-18)9-17(21)19-10-13-7-8-22-11-13/h3-6,12-13H,2,7-11H2,1H3,(H,19,21). The second kappa shape index (κ2) is 8.26. The van der Waals surface area contributed by atoms with Crippen LogP contribution in [0.4, 0.5) is 0 Å². The summed E-state index contributed by atoms with van der Waals surface area (Å²) >= 11 is 1.54. The highest BCUT2D eigenvalue weighted by Gasteiger charge is 2.17. The molecule has 1 aliphatic rings. The van der Waals surface area contributed by atoms with Crippen LogP contribution in [-0.4, -0.2) is 37.3 Å². The van der Waals surface area contributed by atoms with E-state index in [-0.39, 0.29) is 5.91 Å². The largest absolute Gasteiger partial charge is 0.493 e. The highest BCUT2D eigenvalue weighted by atomic mass is 32.1. The van der Waals surface area contributed by atoms with Gasteiger partial charge in [-0.2, -0.15) is 0 Å². The molecular weight excluding hydrogens is 324 g/mol. The fraction of sp³-hybridized carbons (Fsp3) is 0.444. The molecule has 0 aliphatic carbocycles. The lowest BCUT2D eigenvalue weighted by molar-refractivity contribution is -0.120. The molecule has 1 amide bonds. The van der Waals surface area contributed by atoms with Crippen LogP contribution in [0.15, 0.2) is 29.6 Å². The number of para-hydroxylation sites is 1. The van der Waals surface area contributed by atoms with Gasteiger partial charge in [-0.05, 0) is 25.5 Å². The fourth-order valence-corrected chi connectivity index (χ4v) is 3.52. The van der Waals surface area contributed by atoms with E-state index in [1.807, 2.05) is 36.6 Å². The van der Waals surface area contributed by atoms with Gasteiger partial charge in [0.2, 0.25) is 5.91 Å². The molecule has 1 atom stereocenters. The zero-order valence-electron chi connectivity index (χ0n) is 13.8. The first kappa shape index (κ1) is 16.9. The molecule has 1 saturated heterocycles. The molecule has 6 heteroatoms. The maximum atomic E-state index is 12.1. The Hall–Kier alpha value is -1.92. The third-order valence-electron chi connectivity index (χ3n) is 3.92. The van der Waals surface area contributed by atoms with Gasteiger partial charge < -0.3 is 14.8 Å². The summed E-state index contributed by atoms with van der Waals surface area (Å²) in [5.74, 6) is 1.28. The fourth-order valence-electron chi connectivity index (χ4n) is 2.67. The number of benzene rings is 1. The van der Waals surface area contributed by atoms with Crippen molar-refractivity contribution in [2.75, 3.05) is 26.4 Å². The zero-order valence-corrected chi connectivity index (χ0v) is 14.6. The zero-order chi connectivity index (χ0) is 16.8. The van der Waals surface area contributed by atoms with E-state index in [4.69, 9.17) is 9.47 Å². The van der Waals surface area contributed by atoms with Gasteiger partial charge in [-0.3, -0.25) is 4.79 Å². The summed E-state index contributed by atoms with van der Waals surface area (Å²) in [5, 5.41) is 5.80. The first-order chi connectivity index (χ1) is 11.8. The summed E-state index contributed by atoms with van der Waals surface area (Å²) in [6, 6.07) is 7.85. The van der Waals surface area contributed by atoms with Crippen molar-refractivity contribution in [3.63, 3.8) is 0 Å². The van der Waals surface area contributed by atoms with Crippen LogP contribution < -0.4 is 10.1 Å². The molecule has 1 aromatic heterocycles. The van der Waals surface area contributed by atoms with Gasteiger partial charge in [0.15, 0.2) is 0 Å². The topological polar surface area (TPSA) is 60.5 Å². The van der Waals surface area contributed by atoms with E-state index in [2.05, 4.69) is 10.3 Å². The number of ether oxygens (including phenoxy) is 2. The average molecular weight is 346 g/mol. The highest BCUT2D eigenvalue weighted by molar-refractivity contribution is 7.13. The Bertz CT molecular complexity index is 680. The summed E-state index contributed by atoms with van der Waals surface area (Å²) in [4.78, 5) is 16.7. The summed E-state index contributed by atoms with van der Waals surface area (Å²) in [6.07, 6.45) is 1.33. The maximum Gasteiger partial charge on any atom is 0.226 e. The lowest BCUT2D eigenvalue weighted by Crippen LogP contribution is -2.30. The molecule has 3 rings (SSSR count). The third-order valence-corrected chi connectivity index (χ3v) is 4.85. The molecule has 128 valence electrons. The quantitative estimate of drug-likeness (QED) is 0.837. The van der Waals surface area contributed by atoms with Gasteiger partial charge in [-0.1, -0.05) is 12.1 Å². The Morgan fingerprint density at radius 2 is 2.33 bits per heavy atom. The van der Waals surface area contributed by atoms with E-state index in [0.717, 1.165) is 41.6 Å². The molecule has 5 nitrogen and oxygen atoms in total. The van der Waals surface area contributed by atoms with E-state index >= 15 is 0 Å². The predicted molar refractivity (Wildman–Crippen MR) is 94.4 cm³/mol. The molecule has 2 aromatic rings. The minimum Gasteiger partial charge on any atom is -0.493 e. The van der Waals surface area contributed by atoms with Crippen molar-refractivity contribution in [2.45, 2.75) is 19.8 Å². The van der Waals surface area contributed by atoms with Crippen molar-refractivity contribution < 1.29 is 14.3 Å². The molecule has 1 unspecified atom stereocenters. The molecule has 24 heavy (non-hydrogen) atoms. The Morgan fingerprint density at radius 3 is 3.12 bits per heavy atom. The number of nitrogens with one attached hydrogen (secondary N) is 1. The Kier molecular flexibility index (Phi) is 5.82. The number of nitrogens with zero attached hydrogens (tertiary/aromatic N) is 1. The van der Waals surface area contributed by atoms with Crippen LogP contribution in [0, 0.1) is 5.92 Å². The van der Waals surface area contributed by atoms with Crippen LogP contribution >= 0.6 is 11.3 Å².